The number of rotatable bonds is 3. The van der Waals surface area contributed by atoms with Crippen molar-refractivity contribution in [1.82, 2.24) is 0 Å². The lowest BCUT2D eigenvalue weighted by atomic mass is 9.55. The second-order valence-corrected chi connectivity index (χ2v) is 9.29. The Morgan fingerprint density at radius 3 is 2.57 bits per heavy atom. The highest BCUT2D eigenvalue weighted by Gasteiger charge is 2.33. The molecule has 2 aliphatic rings. The van der Waals surface area contributed by atoms with E-state index in [-0.39, 0.29) is 0 Å². The maximum Gasteiger partial charge on any atom is 0.405 e. The van der Waals surface area contributed by atoms with Crippen molar-refractivity contribution >= 4 is 35.2 Å². The minimum absolute atomic E-state index is 0.342. The first kappa shape index (κ1) is 19.4. The molecule has 0 radical (unpaired) electrons. The second kappa shape index (κ2) is 7.94. The van der Waals surface area contributed by atoms with Gasteiger partial charge in [-0.15, -0.1) is 0 Å². The van der Waals surface area contributed by atoms with Gasteiger partial charge in [-0.1, -0.05) is 74.6 Å². The van der Waals surface area contributed by atoms with Crippen molar-refractivity contribution in [3.05, 3.63) is 70.6 Å². The number of anilines is 1. The van der Waals surface area contributed by atoms with E-state index in [1.54, 1.807) is 0 Å². The van der Waals surface area contributed by atoms with Gasteiger partial charge in [-0.05, 0) is 48.4 Å². The highest BCUT2D eigenvalue weighted by molar-refractivity contribution is 6.80. The van der Waals surface area contributed by atoms with Crippen molar-refractivity contribution < 1.29 is 4.57 Å². The van der Waals surface area contributed by atoms with E-state index in [4.69, 9.17) is 0 Å². The lowest BCUT2D eigenvalue weighted by Crippen LogP contribution is -2.50. The topological polar surface area (TPSA) is 7.12 Å². The van der Waals surface area contributed by atoms with Gasteiger partial charge in [0.2, 0.25) is 0 Å². The van der Waals surface area contributed by atoms with Crippen molar-refractivity contribution in [2.24, 2.45) is 13.0 Å². The van der Waals surface area contributed by atoms with Gasteiger partial charge in [-0.3, -0.25) is 4.81 Å². The number of nitrogens with zero attached hydrogens (tertiary/aromatic N) is 2. The Kier molecular flexibility index (Phi) is 5.14. The zero-order chi connectivity index (χ0) is 20.7. The fourth-order valence-corrected chi connectivity index (χ4v) is 5.54. The fourth-order valence-electron chi connectivity index (χ4n) is 5.54. The minimum atomic E-state index is 0.342. The van der Waals surface area contributed by atoms with Gasteiger partial charge in [-0.2, -0.15) is 0 Å². The number of aryl methyl sites for hydroxylation is 1. The van der Waals surface area contributed by atoms with Crippen LogP contribution in [0.25, 0.3) is 22.6 Å². The third kappa shape index (κ3) is 3.35. The molecule has 152 valence electrons. The summed E-state index contributed by atoms with van der Waals surface area (Å²) in [4.78, 5) is 2.48. The molecular formula is C27H32BN2+. The van der Waals surface area contributed by atoms with E-state index < -0.39 is 0 Å². The van der Waals surface area contributed by atoms with Crippen LogP contribution in [0.4, 0.5) is 5.82 Å². The molecule has 30 heavy (non-hydrogen) atoms. The molecule has 0 amide bonds. The Morgan fingerprint density at radius 2 is 1.73 bits per heavy atom. The first-order valence-electron chi connectivity index (χ1n) is 11.6. The summed E-state index contributed by atoms with van der Waals surface area (Å²) >= 11 is 0. The Bertz CT molecular complexity index is 1210. The summed E-state index contributed by atoms with van der Waals surface area (Å²) in [5, 5.41) is 4.11. The molecule has 1 fully saturated rings. The number of hydrogen-bond acceptors (Lipinski definition) is 1. The van der Waals surface area contributed by atoms with E-state index in [1.165, 1.54) is 76.7 Å². The summed E-state index contributed by atoms with van der Waals surface area (Å²) in [6.45, 7) is 4.96. The molecule has 1 aliphatic heterocycles. The number of aromatic nitrogens is 1. The lowest BCUT2D eigenvalue weighted by molar-refractivity contribution is -0.631. The molecule has 0 N–H and O–H groups in total. The van der Waals surface area contributed by atoms with Gasteiger partial charge in [-0.25, -0.2) is 4.57 Å². The molecule has 0 saturated heterocycles. The van der Waals surface area contributed by atoms with Gasteiger partial charge < -0.3 is 0 Å². The van der Waals surface area contributed by atoms with E-state index in [0.29, 0.717) is 6.85 Å². The second-order valence-electron chi connectivity index (χ2n) is 9.29. The highest BCUT2D eigenvalue weighted by atomic mass is 15.2. The standard InChI is InChI=1S/C27H32BN2/c1-20-24-14-8-7-13-22(24)19-30(28(20)2)27-18-23(17-21-11-5-4-6-12-21)25-15-9-10-16-26(25)29(27)3/h7-10,13-16,18-19,21H,4-6,11-12,17H2,1-3H3/q+1. The zero-order valence-corrected chi connectivity index (χ0v) is 18.6. The fraction of sp³-hybridized carbons (Fsp3) is 0.370. The SMILES string of the molecule is CB1C(C)=c2ccccc2=CN1c1cc(CC2CCCCC2)c2ccccc2[n+]1C. The normalized spacial score (nSPS) is 17.2. The van der Waals surface area contributed by atoms with Gasteiger partial charge in [0.15, 0.2) is 0 Å². The van der Waals surface area contributed by atoms with Crippen LogP contribution in [0, 0.1) is 5.92 Å². The first-order valence-corrected chi connectivity index (χ1v) is 11.6. The van der Waals surface area contributed by atoms with Crippen LogP contribution in [-0.2, 0) is 13.5 Å². The molecule has 0 spiro atoms. The minimum Gasteiger partial charge on any atom is -0.293 e. The zero-order valence-electron chi connectivity index (χ0n) is 18.6. The van der Waals surface area contributed by atoms with Crippen LogP contribution in [-0.4, -0.2) is 6.85 Å². The highest BCUT2D eigenvalue weighted by Crippen LogP contribution is 2.31. The van der Waals surface area contributed by atoms with Crippen LogP contribution < -0.4 is 19.8 Å². The molecule has 2 heterocycles. The predicted octanol–water partition coefficient (Wildman–Crippen LogP) is 4.38. The molecule has 1 aromatic heterocycles. The van der Waals surface area contributed by atoms with Crippen LogP contribution >= 0.6 is 0 Å². The van der Waals surface area contributed by atoms with E-state index in [9.17, 15) is 0 Å². The molecule has 1 aliphatic carbocycles. The molecule has 3 heteroatoms. The monoisotopic (exact) mass is 395 g/mol. The largest absolute Gasteiger partial charge is 0.405 e. The lowest BCUT2D eigenvalue weighted by Gasteiger charge is -2.26. The summed E-state index contributed by atoms with van der Waals surface area (Å²) in [6.07, 6.45) is 10.5. The molecule has 5 rings (SSSR count). The number of benzene rings is 2. The van der Waals surface area contributed by atoms with Crippen molar-refractivity contribution in [1.29, 1.82) is 0 Å². The molecule has 1 saturated carbocycles. The first-order chi connectivity index (χ1) is 14.6. The van der Waals surface area contributed by atoms with Gasteiger partial charge in [0.25, 0.3) is 5.82 Å². The van der Waals surface area contributed by atoms with Crippen LogP contribution in [0.5, 0.6) is 0 Å². The van der Waals surface area contributed by atoms with Gasteiger partial charge >= 0.3 is 6.85 Å². The van der Waals surface area contributed by atoms with Crippen LogP contribution in [0.1, 0.15) is 44.6 Å². The van der Waals surface area contributed by atoms with Crippen LogP contribution in [0.15, 0.2) is 54.6 Å². The molecule has 2 aromatic carbocycles. The van der Waals surface area contributed by atoms with E-state index >= 15 is 0 Å². The molecule has 2 nitrogen and oxygen atoms in total. The summed E-state index contributed by atoms with van der Waals surface area (Å²) < 4.78 is 2.38. The number of fused-ring (bicyclic) bond motifs is 2. The molecular weight excluding hydrogens is 363 g/mol. The van der Waals surface area contributed by atoms with Crippen molar-refractivity contribution in [2.75, 3.05) is 4.81 Å². The average Bonchev–Trinajstić information content (AvgIpc) is 2.79. The Labute approximate surface area is 180 Å². The number of hydrogen-bond donors (Lipinski definition) is 0. The third-order valence-electron chi connectivity index (χ3n) is 7.46. The third-order valence-corrected chi connectivity index (χ3v) is 7.46. The maximum atomic E-state index is 2.48. The predicted molar refractivity (Wildman–Crippen MR) is 129 cm³/mol. The molecule has 3 aromatic rings. The summed E-state index contributed by atoms with van der Waals surface area (Å²) in [7, 11) is 2.22. The molecule has 0 unspecified atom stereocenters. The summed E-state index contributed by atoms with van der Waals surface area (Å²) in [6, 6.07) is 20.2. The van der Waals surface area contributed by atoms with Crippen LogP contribution in [0.2, 0.25) is 6.82 Å². The summed E-state index contributed by atoms with van der Waals surface area (Å²) in [5.41, 5.74) is 4.29. The summed E-state index contributed by atoms with van der Waals surface area (Å²) in [5.74, 6) is 2.13. The van der Waals surface area contributed by atoms with E-state index in [0.717, 1.165) is 5.92 Å². The van der Waals surface area contributed by atoms with Gasteiger partial charge in [0.1, 0.15) is 5.52 Å². The quantitative estimate of drug-likeness (QED) is 0.472. The Hall–Kier alpha value is -2.55. The van der Waals surface area contributed by atoms with Crippen molar-refractivity contribution in [2.45, 2.75) is 52.3 Å². The van der Waals surface area contributed by atoms with Gasteiger partial charge in [0.05, 0.1) is 13.2 Å². The Balaban J connectivity index is 1.66. The van der Waals surface area contributed by atoms with E-state index in [2.05, 4.69) is 91.0 Å². The maximum absolute atomic E-state index is 2.48. The smallest absolute Gasteiger partial charge is 0.293 e. The van der Waals surface area contributed by atoms with Crippen molar-refractivity contribution in [3.63, 3.8) is 0 Å². The Morgan fingerprint density at radius 1 is 1.00 bits per heavy atom. The molecule has 0 bridgehead atoms. The average molecular weight is 395 g/mol. The van der Waals surface area contributed by atoms with E-state index in [1.807, 2.05) is 0 Å². The van der Waals surface area contributed by atoms with Gasteiger partial charge in [0, 0.05) is 16.7 Å². The number of para-hydroxylation sites is 1. The number of pyridine rings is 1. The molecule has 0 atom stereocenters. The van der Waals surface area contributed by atoms with Crippen LogP contribution in [0.3, 0.4) is 0 Å². The van der Waals surface area contributed by atoms with Crippen molar-refractivity contribution in [3.8, 4) is 0 Å².